The van der Waals surface area contributed by atoms with E-state index in [-0.39, 0.29) is 6.10 Å². The molecule has 0 saturated carbocycles. The Morgan fingerprint density at radius 3 is 2.89 bits per heavy atom. The summed E-state index contributed by atoms with van der Waals surface area (Å²) in [6.45, 7) is 0. The van der Waals surface area contributed by atoms with Crippen LogP contribution < -0.4 is 10.5 Å². The molecular formula is C15H14BrNOS. The van der Waals surface area contributed by atoms with Crippen LogP contribution in [0.2, 0.25) is 0 Å². The van der Waals surface area contributed by atoms with Crippen molar-refractivity contribution in [3.05, 3.63) is 52.5 Å². The molecule has 0 radical (unpaired) electrons. The Morgan fingerprint density at radius 1 is 1.26 bits per heavy atom. The number of hydrogen-bond donors (Lipinski definition) is 1. The summed E-state index contributed by atoms with van der Waals surface area (Å²) in [6, 6.07) is 14.2. The Bertz CT molecular complexity index is 577. The van der Waals surface area contributed by atoms with Gasteiger partial charge < -0.3 is 10.5 Å². The van der Waals surface area contributed by atoms with E-state index < -0.39 is 0 Å². The van der Waals surface area contributed by atoms with E-state index in [1.807, 2.05) is 30.3 Å². The zero-order valence-electron chi connectivity index (χ0n) is 10.3. The van der Waals surface area contributed by atoms with Crippen molar-refractivity contribution in [2.75, 3.05) is 11.5 Å². The summed E-state index contributed by atoms with van der Waals surface area (Å²) in [5, 5.41) is 0. The molecule has 3 rings (SSSR count). The van der Waals surface area contributed by atoms with Gasteiger partial charge in [-0.2, -0.15) is 0 Å². The Balaban J connectivity index is 1.63. The molecule has 4 heteroatoms. The van der Waals surface area contributed by atoms with Gasteiger partial charge in [0.25, 0.3) is 0 Å². The van der Waals surface area contributed by atoms with Crippen molar-refractivity contribution >= 4 is 33.4 Å². The number of fused-ring (bicyclic) bond motifs is 1. The van der Waals surface area contributed by atoms with Gasteiger partial charge in [0.15, 0.2) is 0 Å². The Labute approximate surface area is 125 Å². The minimum absolute atomic E-state index is 0.256. The number of anilines is 1. The summed E-state index contributed by atoms with van der Waals surface area (Å²) >= 11 is 5.34. The lowest BCUT2D eigenvalue weighted by Gasteiger charge is -2.11. The molecule has 0 aliphatic carbocycles. The van der Waals surface area contributed by atoms with E-state index in [9.17, 15) is 0 Å². The van der Waals surface area contributed by atoms with Crippen molar-refractivity contribution in [2.45, 2.75) is 17.4 Å². The molecule has 0 spiro atoms. The lowest BCUT2D eigenvalue weighted by molar-refractivity contribution is 0.259. The molecule has 0 saturated heterocycles. The van der Waals surface area contributed by atoms with E-state index in [1.54, 1.807) is 11.8 Å². The third-order valence-electron chi connectivity index (χ3n) is 3.09. The minimum Gasteiger partial charge on any atom is -0.489 e. The number of benzene rings is 2. The van der Waals surface area contributed by atoms with Crippen molar-refractivity contribution in [3.63, 3.8) is 0 Å². The van der Waals surface area contributed by atoms with Gasteiger partial charge in [0, 0.05) is 27.2 Å². The highest BCUT2D eigenvalue weighted by Crippen LogP contribution is 2.34. The average molecular weight is 336 g/mol. The first kappa shape index (κ1) is 12.9. The van der Waals surface area contributed by atoms with Crippen LogP contribution in [0.1, 0.15) is 5.56 Å². The zero-order chi connectivity index (χ0) is 13.2. The molecule has 1 heterocycles. The van der Waals surface area contributed by atoms with Crippen LogP contribution in [0.25, 0.3) is 0 Å². The van der Waals surface area contributed by atoms with Crippen molar-refractivity contribution in [1.29, 1.82) is 0 Å². The van der Waals surface area contributed by atoms with E-state index >= 15 is 0 Å². The molecule has 19 heavy (non-hydrogen) atoms. The van der Waals surface area contributed by atoms with Crippen molar-refractivity contribution in [2.24, 2.45) is 0 Å². The molecule has 98 valence electrons. The fraction of sp³-hybridized carbons (Fsp3) is 0.200. The summed E-state index contributed by atoms with van der Waals surface area (Å²) in [5.74, 6) is 1.97. The molecule has 0 amide bonds. The molecule has 2 nitrogen and oxygen atoms in total. The second-order valence-corrected chi connectivity index (χ2v) is 6.47. The van der Waals surface area contributed by atoms with Gasteiger partial charge >= 0.3 is 0 Å². The predicted molar refractivity (Wildman–Crippen MR) is 83.8 cm³/mol. The van der Waals surface area contributed by atoms with E-state index in [0.29, 0.717) is 0 Å². The first-order valence-corrected chi connectivity index (χ1v) is 7.92. The van der Waals surface area contributed by atoms with Gasteiger partial charge in [0.2, 0.25) is 0 Å². The zero-order valence-corrected chi connectivity index (χ0v) is 12.7. The number of nitrogens with two attached hydrogens (primary N) is 1. The molecule has 1 atom stereocenters. The van der Waals surface area contributed by atoms with Gasteiger partial charge in [0.1, 0.15) is 11.9 Å². The van der Waals surface area contributed by atoms with Crippen LogP contribution >= 0.6 is 27.7 Å². The molecule has 2 N–H and O–H groups in total. The van der Waals surface area contributed by atoms with Crippen LogP contribution in [0.5, 0.6) is 5.75 Å². The first-order valence-electron chi connectivity index (χ1n) is 6.15. The normalized spacial score (nSPS) is 17.0. The van der Waals surface area contributed by atoms with Gasteiger partial charge in [0.05, 0.1) is 0 Å². The van der Waals surface area contributed by atoms with Crippen molar-refractivity contribution < 1.29 is 4.74 Å². The molecule has 2 aromatic carbocycles. The standard InChI is InChI=1S/C15H14BrNOS/c16-13-8-11(17)5-6-15(13)19-9-12-7-10-3-1-2-4-14(10)18-12/h1-6,8,12H,7,9,17H2. The number of rotatable bonds is 3. The average Bonchev–Trinajstić information content (AvgIpc) is 2.80. The summed E-state index contributed by atoms with van der Waals surface area (Å²) in [5.41, 5.74) is 7.83. The van der Waals surface area contributed by atoms with Gasteiger partial charge in [-0.15, -0.1) is 11.8 Å². The topological polar surface area (TPSA) is 35.2 Å². The molecule has 1 aliphatic heterocycles. The number of para-hydroxylation sites is 1. The Hall–Kier alpha value is -1.13. The van der Waals surface area contributed by atoms with Crippen LogP contribution in [0.3, 0.4) is 0 Å². The number of thioether (sulfide) groups is 1. The number of nitrogen functional groups attached to an aromatic ring is 1. The molecular weight excluding hydrogens is 322 g/mol. The Kier molecular flexibility index (Phi) is 3.71. The largest absolute Gasteiger partial charge is 0.489 e. The molecule has 1 unspecified atom stereocenters. The van der Waals surface area contributed by atoms with E-state index in [1.165, 1.54) is 10.5 Å². The van der Waals surface area contributed by atoms with E-state index in [4.69, 9.17) is 10.5 Å². The number of halogens is 1. The van der Waals surface area contributed by atoms with Crippen molar-refractivity contribution in [3.8, 4) is 5.75 Å². The summed E-state index contributed by atoms with van der Waals surface area (Å²) in [7, 11) is 0. The van der Waals surface area contributed by atoms with Crippen LogP contribution in [0.4, 0.5) is 5.69 Å². The monoisotopic (exact) mass is 335 g/mol. The van der Waals surface area contributed by atoms with Gasteiger partial charge in [-0.25, -0.2) is 0 Å². The Morgan fingerprint density at radius 2 is 2.11 bits per heavy atom. The highest BCUT2D eigenvalue weighted by Gasteiger charge is 2.22. The van der Waals surface area contributed by atoms with E-state index in [2.05, 4.69) is 28.1 Å². The minimum atomic E-state index is 0.256. The second-order valence-electron chi connectivity index (χ2n) is 4.55. The van der Waals surface area contributed by atoms with Gasteiger partial charge in [-0.05, 0) is 45.8 Å². The third-order valence-corrected chi connectivity index (χ3v) is 5.22. The highest BCUT2D eigenvalue weighted by atomic mass is 79.9. The first-order chi connectivity index (χ1) is 9.22. The van der Waals surface area contributed by atoms with Crippen LogP contribution in [-0.2, 0) is 6.42 Å². The maximum atomic E-state index is 5.93. The number of ether oxygens (including phenoxy) is 1. The van der Waals surface area contributed by atoms with Crippen LogP contribution in [0, 0.1) is 0 Å². The van der Waals surface area contributed by atoms with Crippen LogP contribution in [-0.4, -0.2) is 11.9 Å². The fourth-order valence-corrected chi connectivity index (χ4v) is 3.82. The third kappa shape index (κ3) is 2.90. The quantitative estimate of drug-likeness (QED) is 0.676. The maximum Gasteiger partial charge on any atom is 0.123 e. The van der Waals surface area contributed by atoms with Crippen molar-refractivity contribution in [1.82, 2.24) is 0 Å². The molecule has 1 aliphatic rings. The molecule has 0 aromatic heterocycles. The lowest BCUT2D eigenvalue weighted by atomic mass is 10.1. The summed E-state index contributed by atoms with van der Waals surface area (Å²) in [6.07, 6.45) is 1.25. The smallest absolute Gasteiger partial charge is 0.123 e. The second kappa shape index (κ2) is 5.47. The maximum absolute atomic E-state index is 5.93. The lowest BCUT2D eigenvalue weighted by Crippen LogP contribution is -2.15. The molecule has 0 fully saturated rings. The molecule has 2 aromatic rings. The fourth-order valence-electron chi connectivity index (χ4n) is 2.16. The predicted octanol–water partition coefficient (Wildman–Crippen LogP) is 4.13. The summed E-state index contributed by atoms with van der Waals surface area (Å²) < 4.78 is 6.98. The summed E-state index contributed by atoms with van der Waals surface area (Å²) in [4.78, 5) is 1.20. The van der Waals surface area contributed by atoms with Gasteiger partial charge in [-0.1, -0.05) is 18.2 Å². The van der Waals surface area contributed by atoms with Crippen LogP contribution in [0.15, 0.2) is 51.8 Å². The number of hydrogen-bond acceptors (Lipinski definition) is 3. The highest BCUT2D eigenvalue weighted by molar-refractivity contribution is 9.10. The molecule has 0 bridgehead atoms. The van der Waals surface area contributed by atoms with Gasteiger partial charge in [-0.3, -0.25) is 0 Å². The van der Waals surface area contributed by atoms with E-state index in [0.717, 1.165) is 28.1 Å². The SMILES string of the molecule is Nc1ccc(SCC2Cc3ccccc3O2)c(Br)c1.